The van der Waals surface area contributed by atoms with Crippen molar-refractivity contribution >= 4 is 29.1 Å². The van der Waals surface area contributed by atoms with E-state index in [-0.39, 0.29) is 24.5 Å². The minimum Gasteiger partial charge on any atom is -0.461 e. The zero-order valence-electron chi connectivity index (χ0n) is 9.72. The van der Waals surface area contributed by atoms with Gasteiger partial charge in [-0.3, -0.25) is 4.79 Å². The predicted octanol–water partition coefficient (Wildman–Crippen LogP) is 2.31. The third-order valence-corrected chi connectivity index (χ3v) is 2.34. The van der Waals surface area contributed by atoms with Gasteiger partial charge in [0.25, 0.3) is 0 Å². The van der Waals surface area contributed by atoms with E-state index in [4.69, 9.17) is 16.8 Å². The molecule has 0 bridgehead atoms. The quantitative estimate of drug-likeness (QED) is 0.293. The van der Waals surface area contributed by atoms with Crippen molar-refractivity contribution < 1.29 is 19.5 Å². The van der Waals surface area contributed by atoms with E-state index in [1.807, 2.05) is 0 Å². The fourth-order valence-corrected chi connectivity index (χ4v) is 1.47. The molecule has 0 saturated heterocycles. The number of esters is 1. The average Bonchev–Trinajstić information content (AvgIpc) is 2.35. The summed E-state index contributed by atoms with van der Waals surface area (Å²) < 4.78 is 4.65. The Kier molecular flexibility index (Phi) is 5.32. The van der Waals surface area contributed by atoms with Gasteiger partial charge in [0.2, 0.25) is 0 Å². The first-order chi connectivity index (χ1) is 8.58. The van der Waals surface area contributed by atoms with Crippen LogP contribution in [0.4, 0.5) is 0 Å². The molecule has 96 valence electrons. The number of oxime groups is 1. The number of benzene rings is 1. The lowest BCUT2D eigenvalue weighted by atomic mass is 10.1. The number of ether oxygens (including phenoxy) is 1. The van der Waals surface area contributed by atoms with Crippen molar-refractivity contribution in [1.82, 2.24) is 0 Å². The number of rotatable bonds is 5. The fraction of sp³-hybridized carbons (Fsp3) is 0.250. The first-order valence-electron chi connectivity index (χ1n) is 5.25. The van der Waals surface area contributed by atoms with Gasteiger partial charge in [0.1, 0.15) is 0 Å². The summed E-state index contributed by atoms with van der Waals surface area (Å²) in [6.07, 6.45) is -0.338. The van der Waals surface area contributed by atoms with E-state index in [0.717, 1.165) is 0 Å². The van der Waals surface area contributed by atoms with Crippen LogP contribution in [-0.2, 0) is 9.53 Å². The Hall–Kier alpha value is -1.88. The molecule has 0 unspecified atom stereocenters. The molecule has 0 spiro atoms. The van der Waals surface area contributed by atoms with Crippen molar-refractivity contribution in [2.45, 2.75) is 13.3 Å². The third kappa shape index (κ3) is 3.85. The highest BCUT2D eigenvalue weighted by molar-refractivity contribution is 6.40. The minimum absolute atomic E-state index is 0.142. The molecule has 1 N–H and O–H groups in total. The summed E-state index contributed by atoms with van der Waals surface area (Å²) in [5.41, 5.74) is 0.00905. The zero-order valence-corrected chi connectivity index (χ0v) is 10.5. The summed E-state index contributed by atoms with van der Waals surface area (Å²) in [4.78, 5) is 23.1. The Morgan fingerprint density at radius 3 is 2.72 bits per heavy atom. The maximum atomic E-state index is 11.8. The highest BCUT2D eigenvalue weighted by atomic mass is 35.5. The second-order valence-corrected chi connectivity index (χ2v) is 3.81. The topological polar surface area (TPSA) is 76.0 Å². The van der Waals surface area contributed by atoms with Gasteiger partial charge in [-0.1, -0.05) is 28.9 Å². The highest BCUT2D eigenvalue weighted by Gasteiger charge is 2.18. The molecule has 0 fully saturated rings. The van der Waals surface area contributed by atoms with E-state index in [0.29, 0.717) is 10.6 Å². The van der Waals surface area contributed by atoms with Crippen LogP contribution in [0.1, 0.15) is 23.7 Å². The monoisotopic (exact) mass is 269 g/mol. The Bertz CT molecular complexity index is 485. The smallest absolute Gasteiger partial charge is 0.356 e. The number of carbonyl (C=O) groups excluding carboxylic acids is 2. The molecule has 18 heavy (non-hydrogen) atoms. The van der Waals surface area contributed by atoms with Gasteiger partial charge in [-0.15, -0.1) is 0 Å². The van der Waals surface area contributed by atoms with Crippen LogP contribution in [0, 0.1) is 0 Å². The van der Waals surface area contributed by atoms with Crippen LogP contribution in [0.2, 0.25) is 5.02 Å². The summed E-state index contributed by atoms with van der Waals surface area (Å²) in [5, 5.41) is 11.9. The maximum Gasteiger partial charge on any atom is 0.356 e. The van der Waals surface area contributed by atoms with E-state index >= 15 is 0 Å². The van der Waals surface area contributed by atoms with Crippen LogP contribution in [0.25, 0.3) is 0 Å². The molecule has 5 nitrogen and oxygen atoms in total. The van der Waals surface area contributed by atoms with E-state index in [1.165, 1.54) is 6.07 Å². The molecular weight excluding hydrogens is 258 g/mol. The molecule has 0 heterocycles. The van der Waals surface area contributed by atoms with Gasteiger partial charge >= 0.3 is 5.97 Å². The SMILES string of the molecule is CCOC(=O)/C(CC(=O)c1cccc(Cl)c1)=N/O. The number of carbonyl (C=O) groups is 2. The number of ketones is 1. The summed E-state index contributed by atoms with van der Waals surface area (Å²) in [6, 6.07) is 6.29. The lowest BCUT2D eigenvalue weighted by molar-refractivity contribution is -0.135. The second kappa shape index (κ2) is 6.76. The van der Waals surface area contributed by atoms with Crippen LogP contribution in [0.3, 0.4) is 0 Å². The predicted molar refractivity (Wildman–Crippen MR) is 66.3 cm³/mol. The molecule has 0 atom stereocenters. The molecule has 6 heteroatoms. The first kappa shape index (κ1) is 14.2. The van der Waals surface area contributed by atoms with Gasteiger partial charge in [-0.05, 0) is 19.1 Å². The lowest BCUT2D eigenvalue weighted by Crippen LogP contribution is -2.21. The fourth-order valence-electron chi connectivity index (χ4n) is 1.28. The highest BCUT2D eigenvalue weighted by Crippen LogP contribution is 2.12. The summed E-state index contributed by atoms with van der Waals surface area (Å²) in [5.74, 6) is -1.19. The van der Waals surface area contributed by atoms with Gasteiger partial charge in [-0.2, -0.15) is 0 Å². The van der Waals surface area contributed by atoms with Gasteiger partial charge < -0.3 is 9.94 Å². The second-order valence-electron chi connectivity index (χ2n) is 3.38. The van der Waals surface area contributed by atoms with Crippen LogP contribution in [0.5, 0.6) is 0 Å². The van der Waals surface area contributed by atoms with Crippen LogP contribution < -0.4 is 0 Å². The third-order valence-electron chi connectivity index (χ3n) is 2.11. The minimum atomic E-state index is -0.810. The molecule has 1 rings (SSSR count). The standard InChI is InChI=1S/C12H12ClNO4/c1-2-18-12(16)10(14-17)7-11(15)8-4-3-5-9(13)6-8/h3-6,17H,2,7H2,1H3/b14-10+. The van der Waals surface area contributed by atoms with Crippen molar-refractivity contribution in [3.63, 3.8) is 0 Å². The Balaban J connectivity index is 2.78. The molecule has 1 aromatic carbocycles. The molecule has 1 aromatic rings. The number of halogens is 1. The van der Waals surface area contributed by atoms with Crippen molar-refractivity contribution in [2.75, 3.05) is 6.61 Å². The van der Waals surface area contributed by atoms with E-state index in [1.54, 1.807) is 25.1 Å². The van der Waals surface area contributed by atoms with Gasteiger partial charge in [0.15, 0.2) is 11.5 Å². The Morgan fingerprint density at radius 1 is 1.44 bits per heavy atom. The zero-order chi connectivity index (χ0) is 13.5. The molecule has 0 amide bonds. The Morgan fingerprint density at radius 2 is 2.17 bits per heavy atom. The van der Waals surface area contributed by atoms with Crippen molar-refractivity contribution in [3.8, 4) is 0 Å². The molecule has 0 saturated carbocycles. The first-order valence-corrected chi connectivity index (χ1v) is 5.63. The summed E-state index contributed by atoms with van der Waals surface area (Å²) in [6.45, 7) is 1.76. The number of hydrogen-bond donors (Lipinski definition) is 1. The van der Waals surface area contributed by atoms with Crippen LogP contribution in [-0.4, -0.2) is 29.3 Å². The molecule has 0 aliphatic heterocycles. The number of Topliss-reactive ketones (excluding diaryl/α,β-unsaturated/α-hetero) is 1. The Labute approximate surface area is 109 Å². The molecular formula is C12H12ClNO4. The molecule has 0 aromatic heterocycles. The van der Waals surface area contributed by atoms with Gasteiger partial charge in [0.05, 0.1) is 13.0 Å². The van der Waals surface area contributed by atoms with Gasteiger partial charge in [0, 0.05) is 10.6 Å². The molecule has 0 aliphatic rings. The normalized spacial score (nSPS) is 11.1. The van der Waals surface area contributed by atoms with Crippen molar-refractivity contribution in [1.29, 1.82) is 0 Å². The van der Waals surface area contributed by atoms with E-state index < -0.39 is 5.97 Å². The van der Waals surface area contributed by atoms with Crippen LogP contribution >= 0.6 is 11.6 Å². The number of nitrogens with zero attached hydrogens (tertiary/aromatic N) is 1. The molecule has 0 aliphatic carbocycles. The van der Waals surface area contributed by atoms with Gasteiger partial charge in [-0.25, -0.2) is 4.79 Å². The molecule has 0 radical (unpaired) electrons. The lowest BCUT2D eigenvalue weighted by Gasteiger charge is -2.04. The summed E-state index contributed by atoms with van der Waals surface area (Å²) >= 11 is 5.75. The van der Waals surface area contributed by atoms with Crippen molar-refractivity contribution in [2.24, 2.45) is 5.16 Å². The number of hydrogen-bond acceptors (Lipinski definition) is 5. The maximum absolute atomic E-state index is 11.8. The largest absolute Gasteiger partial charge is 0.461 e. The van der Waals surface area contributed by atoms with E-state index in [9.17, 15) is 9.59 Å². The summed E-state index contributed by atoms with van der Waals surface area (Å²) in [7, 11) is 0. The van der Waals surface area contributed by atoms with Crippen molar-refractivity contribution in [3.05, 3.63) is 34.9 Å². The average molecular weight is 270 g/mol. The van der Waals surface area contributed by atoms with Crippen LogP contribution in [0.15, 0.2) is 29.4 Å². The van der Waals surface area contributed by atoms with E-state index in [2.05, 4.69) is 9.89 Å².